The molecule has 20 heavy (non-hydrogen) atoms. The lowest BCUT2D eigenvalue weighted by molar-refractivity contribution is -0.119. The zero-order chi connectivity index (χ0) is 15.0. The Morgan fingerprint density at radius 3 is 2.60 bits per heavy atom. The van der Waals surface area contributed by atoms with Crippen molar-refractivity contribution < 1.29 is 14.0 Å². The molecule has 6 heteroatoms. The van der Waals surface area contributed by atoms with Gasteiger partial charge in [0, 0.05) is 17.8 Å². The number of benzene rings is 1. The van der Waals surface area contributed by atoms with Crippen LogP contribution >= 0.6 is 0 Å². The first kappa shape index (κ1) is 15.6. The first-order valence-electron chi connectivity index (χ1n) is 5.99. The van der Waals surface area contributed by atoms with E-state index in [-0.39, 0.29) is 12.3 Å². The summed E-state index contributed by atoms with van der Waals surface area (Å²) in [5.74, 6) is -1.09. The second kappa shape index (κ2) is 7.83. The lowest BCUT2D eigenvalue weighted by atomic mass is 10.2. The molecule has 1 aromatic rings. The summed E-state index contributed by atoms with van der Waals surface area (Å²) in [4.78, 5) is 23.0. The molecular weight excluding hydrogens is 261 g/mol. The van der Waals surface area contributed by atoms with Crippen molar-refractivity contribution in [3.05, 3.63) is 48.3 Å². The predicted octanol–water partition coefficient (Wildman–Crippen LogP) is 1.62. The van der Waals surface area contributed by atoms with Crippen molar-refractivity contribution in [2.45, 2.75) is 13.3 Å². The number of amides is 2. The Balaban J connectivity index is 2.49. The zero-order valence-corrected chi connectivity index (χ0v) is 11.1. The molecular formula is C14H16FN3O2. The Bertz CT molecular complexity index is 524. The fourth-order valence-electron chi connectivity index (χ4n) is 1.33. The topological polar surface area (TPSA) is 70.6 Å². The molecule has 0 saturated carbocycles. The van der Waals surface area contributed by atoms with E-state index in [1.165, 1.54) is 24.3 Å². The minimum Gasteiger partial charge on any atom is -0.352 e. The lowest BCUT2D eigenvalue weighted by Gasteiger charge is -2.03. The highest BCUT2D eigenvalue weighted by Gasteiger charge is 2.06. The smallest absolute Gasteiger partial charge is 0.271 e. The molecule has 0 aliphatic carbocycles. The number of hydrogen-bond acceptors (Lipinski definition) is 3. The molecule has 0 radical (unpaired) electrons. The van der Waals surface area contributed by atoms with Gasteiger partial charge < -0.3 is 5.32 Å². The monoisotopic (exact) mass is 277 g/mol. The highest BCUT2D eigenvalue weighted by Crippen LogP contribution is 2.02. The van der Waals surface area contributed by atoms with Crippen molar-refractivity contribution in [1.29, 1.82) is 0 Å². The van der Waals surface area contributed by atoms with Gasteiger partial charge in [-0.1, -0.05) is 6.08 Å². The summed E-state index contributed by atoms with van der Waals surface area (Å²) in [6.07, 6.45) is 1.65. The van der Waals surface area contributed by atoms with E-state index < -0.39 is 11.7 Å². The molecule has 1 rings (SSSR count). The summed E-state index contributed by atoms with van der Waals surface area (Å²) in [5.41, 5.74) is 3.06. The van der Waals surface area contributed by atoms with Crippen LogP contribution in [-0.2, 0) is 4.79 Å². The van der Waals surface area contributed by atoms with Crippen molar-refractivity contribution in [2.75, 3.05) is 6.54 Å². The number of carbonyl (C=O) groups is 2. The molecule has 0 heterocycles. The van der Waals surface area contributed by atoms with Crippen molar-refractivity contribution in [3.8, 4) is 0 Å². The van der Waals surface area contributed by atoms with E-state index in [2.05, 4.69) is 22.4 Å². The molecule has 5 nitrogen and oxygen atoms in total. The third-order valence-corrected chi connectivity index (χ3v) is 2.31. The van der Waals surface area contributed by atoms with Gasteiger partial charge in [0.1, 0.15) is 5.82 Å². The van der Waals surface area contributed by atoms with Gasteiger partial charge in [-0.05, 0) is 31.2 Å². The lowest BCUT2D eigenvalue weighted by Crippen LogP contribution is -2.26. The highest BCUT2D eigenvalue weighted by molar-refractivity contribution is 6.01. The van der Waals surface area contributed by atoms with Crippen molar-refractivity contribution in [2.24, 2.45) is 5.10 Å². The Hall–Kier alpha value is -2.50. The second-order valence-corrected chi connectivity index (χ2v) is 4.06. The summed E-state index contributed by atoms with van der Waals surface area (Å²) in [6, 6.07) is 5.08. The SMILES string of the molecule is C=CCNC(=O)C/C(C)=N/NC(=O)c1ccc(F)cc1. The van der Waals surface area contributed by atoms with Crippen LogP contribution in [0.25, 0.3) is 0 Å². The van der Waals surface area contributed by atoms with E-state index in [0.29, 0.717) is 17.8 Å². The van der Waals surface area contributed by atoms with E-state index in [9.17, 15) is 14.0 Å². The normalized spacial score (nSPS) is 10.8. The van der Waals surface area contributed by atoms with E-state index in [4.69, 9.17) is 0 Å². The molecule has 0 aromatic heterocycles. The minimum absolute atomic E-state index is 0.0809. The fraction of sp³-hybridized carbons (Fsp3) is 0.214. The third kappa shape index (κ3) is 5.43. The highest BCUT2D eigenvalue weighted by atomic mass is 19.1. The maximum absolute atomic E-state index is 12.7. The summed E-state index contributed by atoms with van der Waals surface area (Å²) in [6.45, 7) is 5.49. The molecule has 0 aliphatic rings. The molecule has 0 aliphatic heterocycles. The Morgan fingerprint density at radius 2 is 2.00 bits per heavy atom. The standard InChI is InChI=1S/C14H16FN3O2/c1-3-8-16-13(19)9-10(2)17-18-14(20)11-4-6-12(15)7-5-11/h3-7H,1,8-9H2,2H3,(H,16,19)(H,18,20)/b17-10+. The van der Waals surface area contributed by atoms with Gasteiger partial charge in [0.25, 0.3) is 5.91 Å². The van der Waals surface area contributed by atoms with Crippen LogP contribution in [-0.4, -0.2) is 24.1 Å². The molecule has 0 fully saturated rings. The van der Waals surface area contributed by atoms with Gasteiger partial charge in [-0.25, -0.2) is 9.82 Å². The molecule has 2 amide bonds. The predicted molar refractivity (Wildman–Crippen MR) is 74.8 cm³/mol. The number of hydrazone groups is 1. The van der Waals surface area contributed by atoms with Gasteiger partial charge in [0.15, 0.2) is 0 Å². The zero-order valence-electron chi connectivity index (χ0n) is 11.1. The van der Waals surface area contributed by atoms with Gasteiger partial charge >= 0.3 is 0 Å². The van der Waals surface area contributed by atoms with Crippen LogP contribution in [0, 0.1) is 5.82 Å². The van der Waals surface area contributed by atoms with Crippen LogP contribution in [0.3, 0.4) is 0 Å². The van der Waals surface area contributed by atoms with Crippen LogP contribution in [0.4, 0.5) is 4.39 Å². The van der Waals surface area contributed by atoms with Gasteiger partial charge in [0.05, 0.1) is 6.42 Å². The van der Waals surface area contributed by atoms with Crippen molar-refractivity contribution in [3.63, 3.8) is 0 Å². The maximum Gasteiger partial charge on any atom is 0.271 e. The molecule has 0 saturated heterocycles. The summed E-state index contributed by atoms with van der Waals surface area (Å²) in [7, 11) is 0. The average molecular weight is 277 g/mol. The van der Waals surface area contributed by atoms with Crippen LogP contribution in [0.2, 0.25) is 0 Å². The van der Waals surface area contributed by atoms with Gasteiger partial charge in [-0.2, -0.15) is 5.10 Å². The fourth-order valence-corrected chi connectivity index (χ4v) is 1.33. The first-order chi connectivity index (χ1) is 9.52. The van der Waals surface area contributed by atoms with Gasteiger partial charge in [-0.3, -0.25) is 9.59 Å². The Labute approximate surface area is 116 Å². The van der Waals surface area contributed by atoms with Crippen LogP contribution in [0.1, 0.15) is 23.7 Å². The van der Waals surface area contributed by atoms with Gasteiger partial charge in [-0.15, -0.1) is 6.58 Å². The minimum atomic E-state index is -0.462. The molecule has 0 bridgehead atoms. The molecule has 2 N–H and O–H groups in total. The maximum atomic E-state index is 12.7. The van der Waals surface area contributed by atoms with Gasteiger partial charge in [0.2, 0.25) is 5.91 Å². The number of nitrogens with zero attached hydrogens (tertiary/aromatic N) is 1. The van der Waals surface area contributed by atoms with Crippen molar-refractivity contribution >= 4 is 17.5 Å². The largest absolute Gasteiger partial charge is 0.352 e. The number of hydrogen-bond donors (Lipinski definition) is 2. The Kier molecular flexibility index (Phi) is 6.09. The van der Waals surface area contributed by atoms with Crippen LogP contribution in [0.5, 0.6) is 0 Å². The van der Waals surface area contributed by atoms with Crippen LogP contribution in [0.15, 0.2) is 42.0 Å². The number of halogens is 1. The van der Waals surface area contributed by atoms with E-state index >= 15 is 0 Å². The molecule has 1 aromatic carbocycles. The van der Waals surface area contributed by atoms with E-state index in [0.717, 1.165) is 0 Å². The summed E-state index contributed by atoms with van der Waals surface area (Å²) < 4.78 is 12.7. The average Bonchev–Trinajstić information content (AvgIpc) is 2.43. The molecule has 0 spiro atoms. The summed E-state index contributed by atoms with van der Waals surface area (Å²) >= 11 is 0. The molecule has 0 unspecified atom stereocenters. The van der Waals surface area contributed by atoms with E-state index in [1.54, 1.807) is 13.0 Å². The first-order valence-corrected chi connectivity index (χ1v) is 5.99. The molecule has 106 valence electrons. The Morgan fingerprint density at radius 1 is 1.35 bits per heavy atom. The number of rotatable bonds is 6. The molecule has 0 atom stereocenters. The number of nitrogens with one attached hydrogen (secondary N) is 2. The third-order valence-electron chi connectivity index (χ3n) is 2.31. The number of carbonyl (C=O) groups excluding carboxylic acids is 2. The van der Waals surface area contributed by atoms with Crippen LogP contribution < -0.4 is 10.7 Å². The van der Waals surface area contributed by atoms with E-state index in [1.807, 2.05) is 0 Å². The quantitative estimate of drug-likeness (QED) is 0.471. The van der Waals surface area contributed by atoms with Crippen molar-refractivity contribution in [1.82, 2.24) is 10.7 Å². The second-order valence-electron chi connectivity index (χ2n) is 4.06. The summed E-state index contributed by atoms with van der Waals surface area (Å²) in [5, 5.41) is 6.40.